The van der Waals surface area contributed by atoms with E-state index in [0.717, 1.165) is 10.9 Å². The number of aryl methyl sites for hydroxylation is 2. The van der Waals surface area contributed by atoms with Crippen molar-refractivity contribution in [1.82, 2.24) is 20.0 Å². The number of hydrogen-bond acceptors (Lipinski definition) is 5. The molecule has 0 aliphatic carbocycles. The highest BCUT2D eigenvalue weighted by Gasteiger charge is 2.32. The number of fused-ring (bicyclic) bond motifs is 1. The number of benzene rings is 1. The van der Waals surface area contributed by atoms with Gasteiger partial charge in [-0.05, 0) is 37.1 Å². The smallest absolute Gasteiger partial charge is 0.271 e. The van der Waals surface area contributed by atoms with Gasteiger partial charge in [0.25, 0.3) is 5.91 Å². The normalized spacial score (nSPS) is 18.2. The van der Waals surface area contributed by atoms with Gasteiger partial charge in [-0.2, -0.15) is 4.98 Å². The second kappa shape index (κ2) is 5.76. The van der Waals surface area contributed by atoms with Crippen LogP contribution in [0.2, 0.25) is 0 Å². The molecule has 1 atom stereocenters. The number of amides is 1. The lowest BCUT2D eigenvalue weighted by Gasteiger charge is -2.33. The van der Waals surface area contributed by atoms with E-state index >= 15 is 0 Å². The molecule has 4 rings (SSSR count). The van der Waals surface area contributed by atoms with Crippen LogP contribution in [-0.4, -0.2) is 45.7 Å². The van der Waals surface area contributed by atoms with Crippen LogP contribution in [0, 0.1) is 13.8 Å². The molecular weight excluding hydrogens is 308 g/mol. The van der Waals surface area contributed by atoms with Crippen molar-refractivity contribution in [1.29, 1.82) is 0 Å². The van der Waals surface area contributed by atoms with Crippen molar-refractivity contribution >= 4 is 16.8 Å². The standard InChI is InChI=1S/C17H18N4O3/c1-10-3-4-13-12(11(10)2)7-14(19-13)17(22)21-5-6-23-8-15(21)16-18-9-24-20-16/h3-4,7,9,15,19H,5-6,8H2,1-2H3. The Morgan fingerprint density at radius 3 is 3.04 bits per heavy atom. The van der Waals surface area contributed by atoms with Crippen molar-refractivity contribution in [2.45, 2.75) is 19.9 Å². The molecule has 3 aromatic rings. The lowest BCUT2D eigenvalue weighted by atomic mass is 10.1. The zero-order chi connectivity index (χ0) is 16.7. The number of H-pyrrole nitrogens is 1. The number of aromatic nitrogens is 3. The molecule has 124 valence electrons. The number of hydrogen-bond donors (Lipinski definition) is 1. The van der Waals surface area contributed by atoms with Gasteiger partial charge in [-0.25, -0.2) is 0 Å². The fourth-order valence-electron chi connectivity index (χ4n) is 3.11. The highest BCUT2D eigenvalue weighted by Crippen LogP contribution is 2.26. The van der Waals surface area contributed by atoms with Crippen molar-refractivity contribution < 1.29 is 14.1 Å². The zero-order valence-electron chi connectivity index (χ0n) is 13.6. The van der Waals surface area contributed by atoms with Crippen LogP contribution in [0.5, 0.6) is 0 Å². The number of carbonyl (C=O) groups excluding carboxylic acids is 1. The summed E-state index contributed by atoms with van der Waals surface area (Å²) in [6, 6.07) is 5.64. The van der Waals surface area contributed by atoms with Crippen LogP contribution in [0.15, 0.2) is 29.1 Å². The van der Waals surface area contributed by atoms with Crippen molar-refractivity contribution in [3.05, 3.63) is 47.2 Å². The lowest BCUT2D eigenvalue weighted by molar-refractivity contribution is -0.00602. The Kier molecular flexibility index (Phi) is 3.57. The van der Waals surface area contributed by atoms with E-state index in [4.69, 9.17) is 9.26 Å². The van der Waals surface area contributed by atoms with Gasteiger partial charge in [-0.1, -0.05) is 11.2 Å². The van der Waals surface area contributed by atoms with Crippen LogP contribution < -0.4 is 0 Å². The highest BCUT2D eigenvalue weighted by atomic mass is 16.5. The van der Waals surface area contributed by atoms with E-state index < -0.39 is 0 Å². The molecule has 0 spiro atoms. The van der Waals surface area contributed by atoms with E-state index in [1.807, 2.05) is 12.1 Å². The predicted octanol–water partition coefficient (Wildman–Crippen LogP) is 2.38. The van der Waals surface area contributed by atoms with Gasteiger partial charge >= 0.3 is 0 Å². The van der Waals surface area contributed by atoms with Gasteiger partial charge in [-0.15, -0.1) is 0 Å². The largest absolute Gasteiger partial charge is 0.377 e. The average Bonchev–Trinajstić information content (AvgIpc) is 3.27. The quantitative estimate of drug-likeness (QED) is 0.781. The summed E-state index contributed by atoms with van der Waals surface area (Å²) in [6.07, 6.45) is 1.27. The predicted molar refractivity (Wildman–Crippen MR) is 86.7 cm³/mol. The van der Waals surface area contributed by atoms with E-state index in [2.05, 4.69) is 35.0 Å². The van der Waals surface area contributed by atoms with Gasteiger partial charge in [0.15, 0.2) is 5.82 Å². The Hall–Kier alpha value is -2.67. The summed E-state index contributed by atoms with van der Waals surface area (Å²) in [7, 11) is 0. The van der Waals surface area contributed by atoms with Gasteiger partial charge in [0.05, 0.1) is 13.2 Å². The van der Waals surface area contributed by atoms with E-state index in [0.29, 0.717) is 31.3 Å². The van der Waals surface area contributed by atoms with E-state index in [1.165, 1.54) is 17.5 Å². The number of carbonyl (C=O) groups is 1. The first-order valence-electron chi connectivity index (χ1n) is 7.89. The molecule has 1 aliphatic heterocycles. The Labute approximate surface area is 138 Å². The SMILES string of the molecule is Cc1ccc2[nH]c(C(=O)N3CCOCC3c3ncon3)cc2c1C. The maximum atomic E-state index is 13.0. The molecule has 1 fully saturated rings. The minimum atomic E-state index is -0.334. The second-order valence-electron chi connectivity index (χ2n) is 6.03. The van der Waals surface area contributed by atoms with E-state index in [-0.39, 0.29) is 11.9 Å². The molecule has 1 N–H and O–H groups in total. The van der Waals surface area contributed by atoms with Crippen molar-refractivity contribution in [2.75, 3.05) is 19.8 Å². The van der Waals surface area contributed by atoms with Crippen molar-refractivity contribution in [2.24, 2.45) is 0 Å². The maximum absolute atomic E-state index is 13.0. The molecule has 7 nitrogen and oxygen atoms in total. The molecule has 7 heteroatoms. The molecule has 1 aromatic carbocycles. The first-order valence-corrected chi connectivity index (χ1v) is 7.89. The average molecular weight is 326 g/mol. The molecular formula is C17H18N4O3. The van der Waals surface area contributed by atoms with Gasteiger partial charge < -0.3 is 19.1 Å². The minimum absolute atomic E-state index is 0.0821. The van der Waals surface area contributed by atoms with Gasteiger partial charge in [0.1, 0.15) is 11.7 Å². The highest BCUT2D eigenvalue weighted by molar-refractivity contribution is 5.99. The topological polar surface area (TPSA) is 84.2 Å². The van der Waals surface area contributed by atoms with E-state index in [1.54, 1.807) is 4.90 Å². The van der Waals surface area contributed by atoms with Crippen LogP contribution in [0.3, 0.4) is 0 Å². The minimum Gasteiger partial charge on any atom is -0.377 e. The van der Waals surface area contributed by atoms with Gasteiger partial charge in [-0.3, -0.25) is 4.79 Å². The van der Waals surface area contributed by atoms with Crippen molar-refractivity contribution in [3.8, 4) is 0 Å². The summed E-state index contributed by atoms with van der Waals surface area (Å²) in [4.78, 5) is 22.1. The van der Waals surface area contributed by atoms with Gasteiger partial charge in [0.2, 0.25) is 6.39 Å². The number of morpholine rings is 1. The Morgan fingerprint density at radius 1 is 1.38 bits per heavy atom. The molecule has 24 heavy (non-hydrogen) atoms. The third-order valence-corrected chi connectivity index (χ3v) is 4.64. The van der Waals surface area contributed by atoms with Crippen LogP contribution in [0.25, 0.3) is 10.9 Å². The fourth-order valence-corrected chi connectivity index (χ4v) is 3.11. The molecule has 3 heterocycles. The maximum Gasteiger partial charge on any atom is 0.271 e. The van der Waals surface area contributed by atoms with Crippen LogP contribution >= 0.6 is 0 Å². The molecule has 1 aliphatic rings. The third kappa shape index (κ3) is 2.37. The zero-order valence-corrected chi connectivity index (χ0v) is 13.6. The van der Waals surface area contributed by atoms with Crippen molar-refractivity contribution in [3.63, 3.8) is 0 Å². The number of nitrogens with one attached hydrogen (secondary N) is 1. The first kappa shape index (κ1) is 14.9. The number of aromatic amines is 1. The number of rotatable bonds is 2. The molecule has 0 bridgehead atoms. The monoisotopic (exact) mass is 326 g/mol. The Morgan fingerprint density at radius 2 is 2.25 bits per heavy atom. The molecule has 0 saturated carbocycles. The Bertz CT molecular complexity index is 885. The summed E-state index contributed by atoms with van der Waals surface area (Å²) >= 11 is 0. The molecule has 1 saturated heterocycles. The second-order valence-corrected chi connectivity index (χ2v) is 6.03. The molecule has 1 unspecified atom stereocenters. The summed E-state index contributed by atoms with van der Waals surface area (Å²) < 4.78 is 10.3. The Balaban J connectivity index is 1.70. The van der Waals surface area contributed by atoms with Crippen LogP contribution in [0.4, 0.5) is 0 Å². The van der Waals surface area contributed by atoms with Crippen LogP contribution in [0.1, 0.15) is 33.5 Å². The summed E-state index contributed by atoms with van der Waals surface area (Å²) in [6.45, 7) is 5.49. The molecule has 1 amide bonds. The van der Waals surface area contributed by atoms with Gasteiger partial charge in [0, 0.05) is 17.4 Å². The molecule has 0 radical (unpaired) electrons. The third-order valence-electron chi connectivity index (χ3n) is 4.64. The van der Waals surface area contributed by atoms with E-state index in [9.17, 15) is 4.79 Å². The summed E-state index contributed by atoms with van der Waals surface area (Å²) in [5.74, 6) is 0.382. The number of ether oxygens (including phenoxy) is 1. The molecule has 2 aromatic heterocycles. The van der Waals surface area contributed by atoms with Crippen LogP contribution in [-0.2, 0) is 4.74 Å². The fraction of sp³-hybridized carbons (Fsp3) is 0.353. The summed E-state index contributed by atoms with van der Waals surface area (Å²) in [5.41, 5.74) is 3.91. The number of nitrogens with zero attached hydrogens (tertiary/aromatic N) is 3. The summed E-state index contributed by atoms with van der Waals surface area (Å²) in [5, 5.41) is 4.94. The first-order chi connectivity index (χ1) is 11.6. The lowest BCUT2D eigenvalue weighted by Crippen LogP contribution is -2.44.